The van der Waals surface area contributed by atoms with Crippen LogP contribution in [0.4, 0.5) is 0 Å². The number of alkyl halides is 1. The quantitative estimate of drug-likeness (QED) is 0.469. The third-order valence-electron chi connectivity index (χ3n) is 2.12. The largest absolute Gasteiger partial charge is 0.472 e. The van der Waals surface area contributed by atoms with Crippen molar-refractivity contribution in [1.82, 2.24) is 14.8 Å². The van der Waals surface area contributed by atoms with Crippen LogP contribution >= 0.6 is 23.4 Å². The molecule has 0 aliphatic carbocycles. The SMILES string of the molecule is Cn1c(SCCCCl)nnc1-c1ccoc1. The van der Waals surface area contributed by atoms with Gasteiger partial charge in [-0.1, -0.05) is 11.8 Å². The molecule has 6 heteroatoms. The highest BCUT2D eigenvalue weighted by molar-refractivity contribution is 7.99. The second kappa shape index (κ2) is 5.41. The van der Waals surface area contributed by atoms with Gasteiger partial charge in [0.05, 0.1) is 11.8 Å². The first-order valence-corrected chi connectivity index (χ1v) is 6.45. The maximum Gasteiger partial charge on any atom is 0.191 e. The van der Waals surface area contributed by atoms with Gasteiger partial charge in [0.15, 0.2) is 11.0 Å². The molecule has 0 bridgehead atoms. The lowest BCUT2D eigenvalue weighted by Crippen LogP contribution is -1.94. The predicted octanol–water partition coefficient (Wildman–Crippen LogP) is 2.80. The normalized spacial score (nSPS) is 10.9. The van der Waals surface area contributed by atoms with Crippen molar-refractivity contribution in [2.24, 2.45) is 7.05 Å². The standard InChI is InChI=1S/C10H12ClN3OS/c1-14-9(8-3-5-15-7-8)12-13-10(14)16-6-2-4-11/h3,5,7H,2,4,6H2,1H3. The van der Waals surface area contributed by atoms with Crippen LogP contribution in [0.2, 0.25) is 0 Å². The molecule has 0 aliphatic rings. The van der Waals surface area contributed by atoms with Gasteiger partial charge in [-0.05, 0) is 12.5 Å². The minimum absolute atomic E-state index is 0.680. The van der Waals surface area contributed by atoms with Crippen LogP contribution in [0.25, 0.3) is 11.4 Å². The summed E-state index contributed by atoms with van der Waals surface area (Å²) in [4.78, 5) is 0. The van der Waals surface area contributed by atoms with Crippen molar-refractivity contribution in [1.29, 1.82) is 0 Å². The molecule has 2 aromatic rings. The highest BCUT2D eigenvalue weighted by Crippen LogP contribution is 2.23. The van der Waals surface area contributed by atoms with Gasteiger partial charge in [0.25, 0.3) is 0 Å². The third kappa shape index (κ3) is 2.41. The average molecular weight is 258 g/mol. The van der Waals surface area contributed by atoms with Gasteiger partial charge in [-0.15, -0.1) is 21.8 Å². The Bertz CT molecular complexity index is 441. The van der Waals surface area contributed by atoms with E-state index >= 15 is 0 Å². The van der Waals surface area contributed by atoms with E-state index in [-0.39, 0.29) is 0 Å². The summed E-state index contributed by atoms with van der Waals surface area (Å²) < 4.78 is 6.99. The van der Waals surface area contributed by atoms with E-state index in [9.17, 15) is 0 Å². The van der Waals surface area contributed by atoms with E-state index in [1.165, 1.54) is 0 Å². The number of hydrogen-bond donors (Lipinski definition) is 0. The van der Waals surface area contributed by atoms with Gasteiger partial charge in [0.2, 0.25) is 0 Å². The maximum atomic E-state index is 5.63. The van der Waals surface area contributed by atoms with E-state index in [1.807, 2.05) is 17.7 Å². The van der Waals surface area contributed by atoms with E-state index in [0.29, 0.717) is 5.88 Å². The van der Waals surface area contributed by atoms with E-state index in [0.717, 1.165) is 28.7 Å². The lowest BCUT2D eigenvalue weighted by molar-refractivity contribution is 0.567. The number of aromatic nitrogens is 3. The Morgan fingerprint density at radius 3 is 3.06 bits per heavy atom. The molecule has 0 saturated carbocycles. The molecule has 0 saturated heterocycles. The Morgan fingerprint density at radius 2 is 2.38 bits per heavy atom. The lowest BCUT2D eigenvalue weighted by Gasteiger charge is -2.00. The smallest absolute Gasteiger partial charge is 0.191 e. The van der Waals surface area contributed by atoms with Crippen LogP contribution in [0.3, 0.4) is 0 Å². The number of hydrogen-bond acceptors (Lipinski definition) is 4. The molecule has 0 aliphatic heterocycles. The molecule has 0 atom stereocenters. The van der Waals surface area contributed by atoms with Crippen LogP contribution in [0.5, 0.6) is 0 Å². The van der Waals surface area contributed by atoms with Crippen molar-refractivity contribution in [2.45, 2.75) is 11.6 Å². The number of thioether (sulfide) groups is 1. The minimum Gasteiger partial charge on any atom is -0.472 e. The molecule has 0 amide bonds. The number of nitrogens with zero attached hydrogens (tertiary/aromatic N) is 3. The second-order valence-corrected chi connectivity index (χ2v) is 4.71. The molecule has 0 radical (unpaired) electrons. The van der Waals surface area contributed by atoms with Crippen molar-refractivity contribution in [3.8, 4) is 11.4 Å². The number of furan rings is 1. The molecule has 0 N–H and O–H groups in total. The number of halogens is 1. The third-order valence-corrected chi connectivity index (χ3v) is 3.50. The molecular formula is C10H12ClN3OS. The monoisotopic (exact) mass is 257 g/mol. The Morgan fingerprint density at radius 1 is 1.50 bits per heavy atom. The molecule has 0 spiro atoms. The fourth-order valence-electron chi connectivity index (χ4n) is 1.30. The van der Waals surface area contributed by atoms with Crippen molar-refractivity contribution in [3.63, 3.8) is 0 Å². The maximum absolute atomic E-state index is 5.63. The van der Waals surface area contributed by atoms with Gasteiger partial charge in [-0.2, -0.15) is 0 Å². The highest BCUT2D eigenvalue weighted by Gasteiger charge is 2.11. The van der Waals surface area contributed by atoms with Gasteiger partial charge in [0, 0.05) is 18.7 Å². The fraction of sp³-hybridized carbons (Fsp3) is 0.400. The summed E-state index contributed by atoms with van der Waals surface area (Å²) >= 11 is 7.29. The van der Waals surface area contributed by atoms with Crippen molar-refractivity contribution in [2.75, 3.05) is 11.6 Å². The molecule has 2 rings (SSSR count). The zero-order valence-electron chi connectivity index (χ0n) is 8.89. The Kier molecular flexibility index (Phi) is 3.90. The van der Waals surface area contributed by atoms with Crippen molar-refractivity contribution < 1.29 is 4.42 Å². The van der Waals surface area contributed by atoms with Crippen LogP contribution in [-0.2, 0) is 7.05 Å². The summed E-state index contributed by atoms with van der Waals surface area (Å²) in [5, 5.41) is 9.17. The molecular weight excluding hydrogens is 246 g/mol. The van der Waals surface area contributed by atoms with Crippen LogP contribution in [-0.4, -0.2) is 26.4 Å². The summed E-state index contributed by atoms with van der Waals surface area (Å²) in [6.07, 6.45) is 4.27. The molecule has 0 aromatic carbocycles. The van der Waals surface area contributed by atoms with Crippen LogP contribution < -0.4 is 0 Å². The summed E-state index contributed by atoms with van der Waals surface area (Å²) in [5.41, 5.74) is 0.944. The Hall–Kier alpha value is -0.940. The molecule has 4 nitrogen and oxygen atoms in total. The van der Waals surface area contributed by atoms with Gasteiger partial charge in [0.1, 0.15) is 6.26 Å². The lowest BCUT2D eigenvalue weighted by atomic mass is 10.3. The van der Waals surface area contributed by atoms with Crippen LogP contribution in [0.1, 0.15) is 6.42 Å². The first-order valence-electron chi connectivity index (χ1n) is 4.93. The first kappa shape index (κ1) is 11.5. The van der Waals surface area contributed by atoms with Gasteiger partial charge in [-0.3, -0.25) is 0 Å². The Balaban J connectivity index is 2.12. The Labute approximate surface area is 103 Å². The first-order chi connectivity index (χ1) is 7.83. The summed E-state index contributed by atoms with van der Waals surface area (Å²) in [5.74, 6) is 2.46. The van der Waals surface area contributed by atoms with E-state index < -0.39 is 0 Å². The zero-order valence-corrected chi connectivity index (χ0v) is 10.5. The molecule has 16 heavy (non-hydrogen) atoms. The molecule has 2 heterocycles. The summed E-state index contributed by atoms with van der Waals surface area (Å²) in [6, 6.07) is 1.87. The van der Waals surface area contributed by atoms with Crippen molar-refractivity contribution in [3.05, 3.63) is 18.6 Å². The van der Waals surface area contributed by atoms with E-state index in [1.54, 1.807) is 24.3 Å². The van der Waals surface area contributed by atoms with Crippen LogP contribution in [0, 0.1) is 0 Å². The second-order valence-electron chi connectivity index (χ2n) is 3.27. The number of rotatable bonds is 5. The topological polar surface area (TPSA) is 43.9 Å². The average Bonchev–Trinajstić information content (AvgIpc) is 2.89. The fourth-order valence-corrected chi connectivity index (χ4v) is 2.44. The van der Waals surface area contributed by atoms with E-state index in [4.69, 9.17) is 16.0 Å². The van der Waals surface area contributed by atoms with E-state index in [2.05, 4.69) is 10.2 Å². The van der Waals surface area contributed by atoms with Gasteiger partial charge < -0.3 is 8.98 Å². The van der Waals surface area contributed by atoms with Crippen molar-refractivity contribution >= 4 is 23.4 Å². The summed E-state index contributed by atoms with van der Waals surface area (Å²) in [6.45, 7) is 0. The summed E-state index contributed by atoms with van der Waals surface area (Å²) in [7, 11) is 1.95. The zero-order chi connectivity index (χ0) is 11.4. The molecule has 2 aromatic heterocycles. The highest BCUT2D eigenvalue weighted by atomic mass is 35.5. The minimum atomic E-state index is 0.680. The van der Waals surface area contributed by atoms with Gasteiger partial charge in [-0.25, -0.2) is 0 Å². The van der Waals surface area contributed by atoms with Crippen LogP contribution in [0.15, 0.2) is 28.2 Å². The van der Waals surface area contributed by atoms with Gasteiger partial charge >= 0.3 is 0 Å². The molecule has 86 valence electrons. The predicted molar refractivity (Wildman–Crippen MR) is 64.8 cm³/mol. The molecule has 0 fully saturated rings. The molecule has 0 unspecified atom stereocenters.